The quantitative estimate of drug-likeness (QED) is 0.200. The summed E-state index contributed by atoms with van der Waals surface area (Å²) in [4.78, 5) is 7.57. The second kappa shape index (κ2) is 9.82. The van der Waals surface area contributed by atoms with Crippen LogP contribution < -0.4 is 4.90 Å². The van der Waals surface area contributed by atoms with E-state index in [1.54, 1.807) is 0 Å². The van der Waals surface area contributed by atoms with E-state index < -0.39 is 0 Å². The lowest BCUT2D eigenvalue weighted by molar-refractivity contribution is 0.668. The van der Waals surface area contributed by atoms with E-state index in [4.69, 9.17) is 9.40 Å². The number of nitrogens with zero attached hydrogens (tertiary/aromatic N) is 2. The summed E-state index contributed by atoms with van der Waals surface area (Å²) in [6.45, 7) is 0. The van der Waals surface area contributed by atoms with E-state index in [1.807, 2.05) is 24.3 Å². The Hall–Kier alpha value is -5.93. The molecule has 3 heteroatoms. The number of rotatable bonds is 4. The Morgan fingerprint density at radius 3 is 1.93 bits per heavy atom. The lowest BCUT2D eigenvalue weighted by atomic mass is 9.95. The number of hydrogen-bond acceptors (Lipinski definition) is 3. The van der Waals surface area contributed by atoms with Gasteiger partial charge in [0.15, 0.2) is 5.58 Å². The van der Waals surface area contributed by atoms with Gasteiger partial charge in [-0.3, -0.25) is 4.90 Å². The van der Waals surface area contributed by atoms with Crippen molar-refractivity contribution in [3.63, 3.8) is 0 Å². The first-order valence-electron chi connectivity index (χ1n) is 14.9. The molecule has 0 amide bonds. The van der Waals surface area contributed by atoms with Crippen molar-refractivity contribution in [2.24, 2.45) is 0 Å². The highest BCUT2D eigenvalue weighted by molar-refractivity contribution is 6.21. The molecule has 0 aliphatic carbocycles. The summed E-state index contributed by atoms with van der Waals surface area (Å²) >= 11 is 0. The summed E-state index contributed by atoms with van der Waals surface area (Å²) in [7, 11) is 0. The molecule has 0 spiro atoms. The van der Waals surface area contributed by atoms with E-state index in [1.165, 1.54) is 43.4 Å². The Kier molecular flexibility index (Phi) is 5.50. The highest BCUT2D eigenvalue weighted by atomic mass is 16.3. The van der Waals surface area contributed by atoms with Gasteiger partial charge in [-0.2, -0.15) is 0 Å². The molecule has 2 aromatic heterocycles. The molecule has 7 aromatic carbocycles. The maximum absolute atomic E-state index is 6.16. The Labute approximate surface area is 254 Å². The van der Waals surface area contributed by atoms with Crippen LogP contribution >= 0.6 is 0 Å². The van der Waals surface area contributed by atoms with E-state index in [0.717, 1.165) is 39.3 Å². The van der Waals surface area contributed by atoms with Gasteiger partial charge in [0, 0.05) is 16.5 Å². The fourth-order valence-electron chi connectivity index (χ4n) is 6.56. The summed E-state index contributed by atoms with van der Waals surface area (Å²) < 4.78 is 6.16. The number of aromatic nitrogens is 1. The van der Waals surface area contributed by atoms with Gasteiger partial charge in [0.05, 0.1) is 5.69 Å². The van der Waals surface area contributed by atoms with Crippen LogP contribution in [0.2, 0.25) is 0 Å². The first-order chi connectivity index (χ1) is 21.8. The van der Waals surface area contributed by atoms with Crippen LogP contribution in [0.25, 0.3) is 65.5 Å². The van der Waals surface area contributed by atoms with E-state index in [-0.39, 0.29) is 0 Å². The number of fused-ring (bicyclic) bond motifs is 8. The fraction of sp³-hybridized carbons (Fsp3) is 0. The maximum atomic E-state index is 6.16. The van der Waals surface area contributed by atoms with Crippen molar-refractivity contribution >= 4 is 71.6 Å². The molecule has 0 aliphatic rings. The predicted octanol–water partition coefficient (Wildman–Crippen LogP) is 11.6. The molecule has 3 nitrogen and oxygen atoms in total. The third-order valence-electron chi connectivity index (χ3n) is 8.65. The summed E-state index contributed by atoms with van der Waals surface area (Å²) in [5, 5.41) is 8.32. The van der Waals surface area contributed by atoms with Crippen molar-refractivity contribution in [1.82, 2.24) is 4.98 Å². The summed E-state index contributed by atoms with van der Waals surface area (Å²) in [6, 6.07) is 55.7. The van der Waals surface area contributed by atoms with Crippen molar-refractivity contribution in [2.75, 3.05) is 4.90 Å². The molecular weight excluding hydrogens is 536 g/mol. The van der Waals surface area contributed by atoms with Crippen LogP contribution in [0.3, 0.4) is 0 Å². The SMILES string of the molecule is c1ccc(-c2ccc(N(c3ccc4oc5ccccc5c4n3)c3cc4c5ccccc5ccc4c4ccccc34)cc2)cc1. The molecule has 0 bridgehead atoms. The zero-order chi connectivity index (χ0) is 29.0. The number of anilines is 3. The first kappa shape index (κ1) is 24.6. The molecule has 0 saturated carbocycles. The standard InChI is InChI=1S/C41H26N2O/c1-2-10-27(11-3-1)28-18-21-30(22-19-28)43(40-25-24-39-41(42-40)35-16-8-9-17-38(35)44-39)37-26-36-31-13-5-4-12-29(31)20-23-33(36)32-14-6-7-15-34(32)37/h1-26H. The molecule has 44 heavy (non-hydrogen) atoms. The molecule has 0 unspecified atom stereocenters. The van der Waals surface area contributed by atoms with Gasteiger partial charge in [-0.25, -0.2) is 4.98 Å². The van der Waals surface area contributed by atoms with Gasteiger partial charge >= 0.3 is 0 Å². The van der Waals surface area contributed by atoms with Gasteiger partial charge in [0.2, 0.25) is 0 Å². The van der Waals surface area contributed by atoms with Crippen LogP contribution in [0, 0.1) is 0 Å². The van der Waals surface area contributed by atoms with Crippen molar-refractivity contribution in [1.29, 1.82) is 0 Å². The van der Waals surface area contributed by atoms with E-state index >= 15 is 0 Å². The fourth-order valence-corrected chi connectivity index (χ4v) is 6.56. The third-order valence-corrected chi connectivity index (χ3v) is 8.65. The Morgan fingerprint density at radius 2 is 1.09 bits per heavy atom. The molecule has 9 rings (SSSR count). The molecule has 0 atom stereocenters. The number of hydrogen-bond donors (Lipinski definition) is 0. The number of pyridine rings is 1. The average Bonchev–Trinajstić information content (AvgIpc) is 3.47. The lowest BCUT2D eigenvalue weighted by Crippen LogP contribution is -2.12. The molecule has 0 aliphatic heterocycles. The summed E-state index contributed by atoms with van der Waals surface area (Å²) in [6.07, 6.45) is 0. The third kappa shape index (κ3) is 3.87. The second-order valence-corrected chi connectivity index (χ2v) is 11.2. The van der Waals surface area contributed by atoms with Crippen molar-refractivity contribution in [3.05, 3.63) is 158 Å². The van der Waals surface area contributed by atoms with Crippen LogP contribution in [-0.2, 0) is 0 Å². The monoisotopic (exact) mass is 562 g/mol. The Morgan fingerprint density at radius 1 is 0.432 bits per heavy atom. The molecule has 0 radical (unpaired) electrons. The largest absolute Gasteiger partial charge is 0.454 e. The molecule has 0 N–H and O–H groups in total. The second-order valence-electron chi connectivity index (χ2n) is 11.2. The zero-order valence-corrected chi connectivity index (χ0v) is 23.8. The molecular formula is C41H26N2O. The van der Waals surface area contributed by atoms with Crippen LogP contribution in [-0.4, -0.2) is 4.98 Å². The summed E-state index contributed by atoms with van der Waals surface area (Å²) in [5.41, 5.74) is 6.97. The van der Waals surface area contributed by atoms with Crippen molar-refractivity contribution in [3.8, 4) is 11.1 Å². The van der Waals surface area contributed by atoms with E-state index in [9.17, 15) is 0 Å². The van der Waals surface area contributed by atoms with Gasteiger partial charge in [-0.1, -0.05) is 115 Å². The first-order valence-corrected chi connectivity index (χ1v) is 14.9. The van der Waals surface area contributed by atoms with Crippen molar-refractivity contribution in [2.45, 2.75) is 0 Å². The van der Waals surface area contributed by atoms with Crippen LogP contribution in [0.4, 0.5) is 17.2 Å². The van der Waals surface area contributed by atoms with Gasteiger partial charge in [0.1, 0.15) is 16.9 Å². The van der Waals surface area contributed by atoms with E-state index in [0.29, 0.717) is 0 Å². The molecule has 0 fully saturated rings. The highest BCUT2D eigenvalue weighted by Gasteiger charge is 2.21. The molecule has 0 saturated heterocycles. The van der Waals surface area contributed by atoms with Gasteiger partial charge < -0.3 is 4.42 Å². The van der Waals surface area contributed by atoms with Crippen LogP contribution in [0.1, 0.15) is 0 Å². The average molecular weight is 563 g/mol. The normalized spacial score (nSPS) is 11.6. The number of furan rings is 1. The lowest BCUT2D eigenvalue weighted by Gasteiger charge is -2.27. The zero-order valence-electron chi connectivity index (χ0n) is 23.8. The maximum Gasteiger partial charge on any atom is 0.154 e. The minimum Gasteiger partial charge on any atom is -0.454 e. The van der Waals surface area contributed by atoms with E-state index in [2.05, 4.69) is 138 Å². The molecule has 9 aromatic rings. The van der Waals surface area contributed by atoms with Crippen molar-refractivity contribution < 1.29 is 4.42 Å². The smallest absolute Gasteiger partial charge is 0.154 e. The molecule has 2 heterocycles. The Bertz CT molecular complexity index is 2490. The minimum absolute atomic E-state index is 0.781. The van der Waals surface area contributed by atoms with Gasteiger partial charge in [-0.15, -0.1) is 0 Å². The number of benzene rings is 7. The minimum atomic E-state index is 0.781. The predicted molar refractivity (Wildman–Crippen MR) is 184 cm³/mol. The summed E-state index contributed by atoms with van der Waals surface area (Å²) in [5.74, 6) is 0.834. The molecule has 206 valence electrons. The van der Waals surface area contributed by atoms with Gasteiger partial charge in [-0.05, 0) is 80.5 Å². The number of para-hydroxylation sites is 1. The van der Waals surface area contributed by atoms with Gasteiger partial charge in [0.25, 0.3) is 0 Å². The highest BCUT2D eigenvalue weighted by Crippen LogP contribution is 2.44. The Balaban J connectivity index is 1.34. The van der Waals surface area contributed by atoms with Crippen LogP contribution in [0.5, 0.6) is 0 Å². The van der Waals surface area contributed by atoms with Crippen LogP contribution in [0.15, 0.2) is 162 Å². The topological polar surface area (TPSA) is 29.3 Å².